The molecule has 3 aromatic rings. The average molecular weight is 432 g/mol. The number of amides is 1. The number of carbonyl (C=O) groups is 1. The highest BCUT2D eigenvalue weighted by Gasteiger charge is 2.32. The molecule has 0 radical (unpaired) electrons. The molecule has 1 aliphatic heterocycles. The summed E-state index contributed by atoms with van der Waals surface area (Å²) in [4.78, 5) is 23.7. The van der Waals surface area contributed by atoms with Gasteiger partial charge in [-0.25, -0.2) is 4.99 Å². The van der Waals surface area contributed by atoms with Crippen LogP contribution in [0.1, 0.15) is 11.1 Å². The smallest absolute Gasteiger partial charge is 0.283 e. The zero-order valence-electron chi connectivity index (χ0n) is 17.2. The van der Waals surface area contributed by atoms with E-state index in [4.69, 9.17) is 9.47 Å². The number of hydrogen-bond donors (Lipinski definition) is 0. The molecular weight excluding hydrogens is 410 g/mol. The van der Waals surface area contributed by atoms with Gasteiger partial charge in [-0.05, 0) is 47.5 Å². The molecule has 0 aliphatic carbocycles. The molecule has 0 fully saturated rings. The fourth-order valence-electron chi connectivity index (χ4n) is 3.06. The molecule has 1 amide bonds. The summed E-state index contributed by atoms with van der Waals surface area (Å²) in [5, 5.41) is 0.613. The average Bonchev–Trinajstić information content (AvgIpc) is 3.13. The first-order valence-corrected chi connectivity index (χ1v) is 10.6. The van der Waals surface area contributed by atoms with Gasteiger partial charge in [0.2, 0.25) is 0 Å². The lowest BCUT2D eigenvalue weighted by atomic mass is 10.2. The van der Waals surface area contributed by atoms with Crippen LogP contribution < -0.4 is 14.4 Å². The molecule has 0 saturated heterocycles. The maximum atomic E-state index is 13.3. The van der Waals surface area contributed by atoms with Crippen molar-refractivity contribution in [1.82, 2.24) is 4.98 Å². The highest BCUT2D eigenvalue weighted by molar-refractivity contribution is 8.13. The van der Waals surface area contributed by atoms with E-state index in [-0.39, 0.29) is 5.91 Å². The molecule has 2 heterocycles. The second-order valence-corrected chi connectivity index (χ2v) is 7.63. The molecule has 0 atom stereocenters. The van der Waals surface area contributed by atoms with Crippen molar-refractivity contribution in [1.29, 1.82) is 0 Å². The van der Waals surface area contributed by atoms with Crippen molar-refractivity contribution >= 4 is 34.6 Å². The van der Waals surface area contributed by atoms with Crippen LogP contribution in [0.2, 0.25) is 0 Å². The molecule has 31 heavy (non-hydrogen) atoms. The summed E-state index contributed by atoms with van der Waals surface area (Å²) in [5.41, 5.74) is 3.01. The molecule has 156 valence electrons. The topological polar surface area (TPSA) is 64.0 Å². The van der Waals surface area contributed by atoms with E-state index < -0.39 is 0 Å². The van der Waals surface area contributed by atoms with Crippen molar-refractivity contribution in [3.8, 4) is 11.5 Å². The van der Waals surface area contributed by atoms with Crippen LogP contribution in [0.3, 0.4) is 0 Å². The Morgan fingerprint density at radius 3 is 2.52 bits per heavy atom. The number of benzene rings is 2. The third kappa shape index (κ3) is 4.78. The standard InChI is InChI=1S/C24H21N3O3S/c1-29-20-10-8-17(9-11-20)13-22-23(28)27(19-6-3-7-21(14-19)30-2)24(26-22)31-16-18-5-4-12-25-15-18/h3-15H,16H2,1-2H3. The van der Waals surface area contributed by atoms with Crippen molar-refractivity contribution < 1.29 is 14.3 Å². The number of methoxy groups -OCH3 is 2. The second kappa shape index (κ2) is 9.49. The summed E-state index contributed by atoms with van der Waals surface area (Å²) < 4.78 is 10.5. The van der Waals surface area contributed by atoms with Crippen LogP contribution in [-0.4, -0.2) is 30.3 Å². The Morgan fingerprint density at radius 2 is 1.81 bits per heavy atom. The monoisotopic (exact) mass is 431 g/mol. The third-order valence-electron chi connectivity index (χ3n) is 4.65. The Kier molecular flexibility index (Phi) is 6.33. The number of amidine groups is 1. The molecule has 0 spiro atoms. The quantitative estimate of drug-likeness (QED) is 0.526. The van der Waals surface area contributed by atoms with Gasteiger partial charge >= 0.3 is 0 Å². The summed E-state index contributed by atoms with van der Waals surface area (Å²) in [6.45, 7) is 0. The minimum atomic E-state index is -0.183. The molecule has 1 aromatic heterocycles. The van der Waals surface area contributed by atoms with Crippen molar-refractivity contribution in [3.05, 3.63) is 89.9 Å². The van der Waals surface area contributed by atoms with Gasteiger partial charge in [0, 0.05) is 24.2 Å². The van der Waals surface area contributed by atoms with Gasteiger partial charge in [-0.3, -0.25) is 14.7 Å². The van der Waals surface area contributed by atoms with Crippen LogP contribution in [0, 0.1) is 0 Å². The lowest BCUT2D eigenvalue weighted by molar-refractivity contribution is -0.113. The first kappa shape index (κ1) is 20.7. The van der Waals surface area contributed by atoms with Gasteiger partial charge in [-0.1, -0.05) is 36.0 Å². The van der Waals surface area contributed by atoms with Crippen molar-refractivity contribution in [2.24, 2.45) is 4.99 Å². The van der Waals surface area contributed by atoms with Crippen molar-refractivity contribution in [2.45, 2.75) is 5.75 Å². The second-order valence-electron chi connectivity index (χ2n) is 6.69. The van der Waals surface area contributed by atoms with Gasteiger partial charge in [-0.2, -0.15) is 0 Å². The number of nitrogens with zero attached hydrogens (tertiary/aromatic N) is 3. The van der Waals surface area contributed by atoms with Crippen LogP contribution >= 0.6 is 11.8 Å². The van der Waals surface area contributed by atoms with Gasteiger partial charge in [0.25, 0.3) is 5.91 Å². The van der Waals surface area contributed by atoms with Gasteiger partial charge in [-0.15, -0.1) is 0 Å². The maximum Gasteiger partial charge on any atom is 0.283 e. The SMILES string of the molecule is COc1ccc(C=C2N=C(SCc3cccnc3)N(c3cccc(OC)c3)C2=O)cc1. The van der Waals surface area contributed by atoms with Gasteiger partial charge in [0.05, 0.1) is 19.9 Å². The lowest BCUT2D eigenvalue weighted by Gasteiger charge is -2.18. The van der Waals surface area contributed by atoms with E-state index in [0.29, 0.717) is 28.1 Å². The van der Waals surface area contributed by atoms with Crippen LogP contribution in [0.5, 0.6) is 11.5 Å². The number of hydrogen-bond acceptors (Lipinski definition) is 6. The van der Waals surface area contributed by atoms with Crippen LogP contribution in [-0.2, 0) is 10.5 Å². The third-order valence-corrected chi connectivity index (χ3v) is 5.66. The zero-order chi connectivity index (χ0) is 21.6. The Labute approximate surface area is 185 Å². The Balaban J connectivity index is 1.66. The number of pyridine rings is 1. The summed E-state index contributed by atoms with van der Waals surface area (Å²) in [6.07, 6.45) is 5.34. The molecule has 0 N–H and O–H groups in total. The number of thioether (sulfide) groups is 1. The summed E-state index contributed by atoms with van der Waals surface area (Å²) in [7, 11) is 3.22. The number of aliphatic imine (C=N–C) groups is 1. The number of aromatic nitrogens is 1. The fourth-order valence-corrected chi connectivity index (χ4v) is 4.01. The predicted octanol–water partition coefficient (Wildman–Crippen LogP) is 4.78. The fraction of sp³-hybridized carbons (Fsp3) is 0.125. The summed E-state index contributed by atoms with van der Waals surface area (Å²) in [5.74, 6) is 1.90. The predicted molar refractivity (Wildman–Crippen MR) is 124 cm³/mol. The Hall–Kier alpha value is -3.58. The van der Waals surface area contributed by atoms with Gasteiger partial charge in [0.1, 0.15) is 17.2 Å². The van der Waals surface area contributed by atoms with E-state index in [1.54, 1.807) is 31.4 Å². The highest BCUT2D eigenvalue weighted by atomic mass is 32.2. The number of carbonyl (C=O) groups excluding carboxylic acids is 1. The number of anilines is 1. The van der Waals surface area contributed by atoms with E-state index >= 15 is 0 Å². The normalized spacial score (nSPS) is 14.6. The molecule has 2 aromatic carbocycles. The molecule has 0 saturated carbocycles. The summed E-state index contributed by atoms with van der Waals surface area (Å²) >= 11 is 1.49. The molecule has 1 aliphatic rings. The van der Waals surface area contributed by atoms with E-state index in [9.17, 15) is 4.79 Å². The lowest BCUT2D eigenvalue weighted by Crippen LogP contribution is -2.30. The summed E-state index contributed by atoms with van der Waals surface area (Å²) in [6, 6.07) is 18.8. The van der Waals surface area contributed by atoms with Crippen molar-refractivity contribution in [2.75, 3.05) is 19.1 Å². The van der Waals surface area contributed by atoms with E-state index in [0.717, 1.165) is 16.9 Å². The van der Waals surface area contributed by atoms with Crippen molar-refractivity contribution in [3.63, 3.8) is 0 Å². The number of rotatable bonds is 6. The van der Waals surface area contributed by atoms with Crippen LogP contribution in [0.25, 0.3) is 6.08 Å². The Bertz CT molecular complexity index is 1130. The molecule has 6 nitrogen and oxygen atoms in total. The molecule has 0 bridgehead atoms. The molecule has 0 unspecified atom stereocenters. The molecule has 4 rings (SSSR count). The van der Waals surface area contributed by atoms with E-state index in [1.165, 1.54) is 11.8 Å². The molecular formula is C24H21N3O3S. The molecule has 7 heteroatoms. The minimum Gasteiger partial charge on any atom is -0.497 e. The largest absolute Gasteiger partial charge is 0.497 e. The Morgan fingerprint density at radius 1 is 1.00 bits per heavy atom. The minimum absolute atomic E-state index is 0.183. The zero-order valence-corrected chi connectivity index (χ0v) is 18.0. The first-order chi connectivity index (χ1) is 15.2. The first-order valence-electron chi connectivity index (χ1n) is 9.62. The van der Waals surface area contributed by atoms with E-state index in [1.807, 2.05) is 66.9 Å². The van der Waals surface area contributed by atoms with E-state index in [2.05, 4.69) is 9.98 Å². The van der Waals surface area contributed by atoms with Gasteiger partial charge < -0.3 is 9.47 Å². The maximum absolute atomic E-state index is 13.3. The highest BCUT2D eigenvalue weighted by Crippen LogP contribution is 2.32. The van der Waals surface area contributed by atoms with Crippen LogP contribution in [0.15, 0.2) is 83.7 Å². The van der Waals surface area contributed by atoms with Crippen LogP contribution in [0.4, 0.5) is 5.69 Å². The van der Waals surface area contributed by atoms with Gasteiger partial charge in [0.15, 0.2) is 5.17 Å². The number of ether oxygens (including phenoxy) is 2.